The van der Waals surface area contributed by atoms with Crippen molar-refractivity contribution in [3.63, 3.8) is 0 Å². The molecule has 2 aliphatic carbocycles. The molecule has 0 aromatic heterocycles. The second-order valence-electron chi connectivity index (χ2n) is 3.89. The summed E-state index contributed by atoms with van der Waals surface area (Å²) < 4.78 is 0. The summed E-state index contributed by atoms with van der Waals surface area (Å²) >= 11 is 0. The Kier molecular flexibility index (Phi) is 1.95. The van der Waals surface area contributed by atoms with E-state index in [1.165, 1.54) is 25.8 Å². The Morgan fingerprint density at radius 3 is 2.91 bits per heavy atom. The van der Waals surface area contributed by atoms with Gasteiger partial charge in [0, 0.05) is 6.04 Å². The molecule has 0 radical (unpaired) electrons. The van der Waals surface area contributed by atoms with Gasteiger partial charge < -0.3 is 10.7 Å². The largest absolute Gasteiger partial charge is 0.313 e. The lowest BCUT2D eigenvalue weighted by Gasteiger charge is -1.99. The predicted molar refractivity (Wildman–Crippen MR) is 46.0 cm³/mol. The quantitative estimate of drug-likeness (QED) is 0.574. The van der Waals surface area contributed by atoms with Crippen molar-refractivity contribution in [3.05, 3.63) is 0 Å². The minimum Gasteiger partial charge on any atom is -0.313 e. The number of nitrogens with one attached hydrogen (secondary N) is 2. The predicted octanol–water partition coefficient (Wildman–Crippen LogP) is 1.41. The summed E-state index contributed by atoms with van der Waals surface area (Å²) in [4.78, 5) is 0. The molecule has 2 nitrogen and oxygen atoms in total. The zero-order valence-electron chi connectivity index (χ0n) is 6.84. The van der Waals surface area contributed by atoms with Crippen LogP contribution in [0.25, 0.3) is 0 Å². The standard InChI is InChI=1S/C9H16N2/c10-4-3-8-5-9(8)11-6-7-1-2-7/h4,7-11H,1-3,5-6H2/t8?,9-/m1/s1. The van der Waals surface area contributed by atoms with Gasteiger partial charge in [0.25, 0.3) is 0 Å². The van der Waals surface area contributed by atoms with E-state index < -0.39 is 0 Å². The summed E-state index contributed by atoms with van der Waals surface area (Å²) in [5, 5.41) is 10.5. The molecule has 2 atom stereocenters. The summed E-state index contributed by atoms with van der Waals surface area (Å²) in [6, 6.07) is 0.761. The maximum absolute atomic E-state index is 6.94. The van der Waals surface area contributed by atoms with Gasteiger partial charge in [-0.1, -0.05) is 0 Å². The average molecular weight is 152 g/mol. The molecule has 0 aromatic rings. The van der Waals surface area contributed by atoms with Gasteiger partial charge in [-0.3, -0.25) is 0 Å². The van der Waals surface area contributed by atoms with Gasteiger partial charge >= 0.3 is 0 Å². The maximum atomic E-state index is 6.94. The van der Waals surface area contributed by atoms with Gasteiger partial charge in [-0.05, 0) is 50.3 Å². The van der Waals surface area contributed by atoms with Crippen molar-refractivity contribution in [2.75, 3.05) is 6.54 Å². The highest BCUT2D eigenvalue weighted by atomic mass is 15.0. The molecule has 1 unspecified atom stereocenters. The second-order valence-corrected chi connectivity index (χ2v) is 3.89. The molecule has 2 N–H and O–H groups in total. The SMILES string of the molecule is N=CCC1C[C@H]1NCC1CC1. The summed E-state index contributed by atoms with van der Waals surface area (Å²) in [6.07, 6.45) is 6.72. The lowest BCUT2D eigenvalue weighted by atomic mass is 10.3. The third-order valence-corrected chi connectivity index (χ3v) is 2.71. The second kappa shape index (κ2) is 2.94. The lowest BCUT2D eigenvalue weighted by Crippen LogP contribution is -2.20. The Morgan fingerprint density at radius 2 is 2.27 bits per heavy atom. The van der Waals surface area contributed by atoms with E-state index in [1.54, 1.807) is 6.21 Å². The van der Waals surface area contributed by atoms with Crippen LogP contribution < -0.4 is 5.32 Å². The number of hydrogen-bond acceptors (Lipinski definition) is 2. The normalized spacial score (nSPS) is 35.3. The monoisotopic (exact) mass is 152 g/mol. The van der Waals surface area contributed by atoms with E-state index in [0.29, 0.717) is 0 Å². The Labute approximate surface area is 67.9 Å². The zero-order chi connectivity index (χ0) is 7.68. The molecule has 0 aliphatic heterocycles. The molecule has 0 aromatic carbocycles. The van der Waals surface area contributed by atoms with Crippen LogP contribution in [0.2, 0.25) is 0 Å². The summed E-state index contributed by atoms with van der Waals surface area (Å²) in [5.74, 6) is 1.79. The Bertz CT molecular complexity index is 152. The highest BCUT2D eigenvalue weighted by Gasteiger charge is 2.36. The highest BCUT2D eigenvalue weighted by molar-refractivity contribution is 5.54. The number of rotatable bonds is 5. The number of hydrogen-bond donors (Lipinski definition) is 2. The first-order chi connectivity index (χ1) is 5.40. The van der Waals surface area contributed by atoms with Crippen LogP contribution in [-0.2, 0) is 0 Å². The first kappa shape index (κ1) is 7.29. The van der Waals surface area contributed by atoms with E-state index in [-0.39, 0.29) is 0 Å². The molecule has 0 amide bonds. The summed E-state index contributed by atoms with van der Waals surface area (Å²) in [6.45, 7) is 1.24. The Balaban J connectivity index is 1.55. The first-order valence-electron chi connectivity index (χ1n) is 4.62. The van der Waals surface area contributed by atoms with Crippen LogP contribution >= 0.6 is 0 Å². The van der Waals surface area contributed by atoms with E-state index in [2.05, 4.69) is 5.32 Å². The van der Waals surface area contributed by atoms with Gasteiger partial charge in [0.2, 0.25) is 0 Å². The minimum atomic E-state index is 0.761. The third kappa shape index (κ3) is 2.03. The topological polar surface area (TPSA) is 35.9 Å². The van der Waals surface area contributed by atoms with Crippen LogP contribution in [0, 0.1) is 17.2 Å². The molecule has 0 spiro atoms. The van der Waals surface area contributed by atoms with Crippen molar-refractivity contribution in [2.24, 2.45) is 11.8 Å². The molecule has 0 saturated heterocycles. The van der Waals surface area contributed by atoms with E-state index in [0.717, 1.165) is 24.3 Å². The summed E-state index contributed by atoms with van der Waals surface area (Å²) in [5.41, 5.74) is 0. The van der Waals surface area contributed by atoms with Crippen molar-refractivity contribution in [3.8, 4) is 0 Å². The van der Waals surface area contributed by atoms with Crippen LogP contribution in [-0.4, -0.2) is 18.8 Å². The Hall–Kier alpha value is -0.370. The minimum absolute atomic E-state index is 0.761. The maximum Gasteiger partial charge on any atom is 0.0103 e. The molecular weight excluding hydrogens is 136 g/mol. The van der Waals surface area contributed by atoms with E-state index in [9.17, 15) is 0 Å². The van der Waals surface area contributed by atoms with Crippen molar-refractivity contribution < 1.29 is 0 Å². The fourth-order valence-electron chi connectivity index (χ4n) is 1.55. The molecule has 2 rings (SSSR count). The van der Waals surface area contributed by atoms with Crippen LogP contribution in [0.5, 0.6) is 0 Å². The van der Waals surface area contributed by atoms with Crippen LogP contribution in [0.1, 0.15) is 25.7 Å². The Morgan fingerprint density at radius 1 is 1.45 bits per heavy atom. The molecule has 0 heterocycles. The van der Waals surface area contributed by atoms with Crippen molar-refractivity contribution in [2.45, 2.75) is 31.7 Å². The summed E-state index contributed by atoms with van der Waals surface area (Å²) in [7, 11) is 0. The smallest absolute Gasteiger partial charge is 0.0103 e. The van der Waals surface area contributed by atoms with Gasteiger partial charge in [0.15, 0.2) is 0 Å². The van der Waals surface area contributed by atoms with Crippen LogP contribution in [0.3, 0.4) is 0 Å². The van der Waals surface area contributed by atoms with Gasteiger partial charge in [-0.15, -0.1) is 0 Å². The van der Waals surface area contributed by atoms with Gasteiger partial charge in [0.05, 0.1) is 0 Å². The van der Waals surface area contributed by atoms with Crippen molar-refractivity contribution in [1.29, 1.82) is 5.41 Å². The van der Waals surface area contributed by atoms with E-state index >= 15 is 0 Å². The van der Waals surface area contributed by atoms with Crippen molar-refractivity contribution in [1.82, 2.24) is 5.32 Å². The molecular formula is C9H16N2. The zero-order valence-corrected chi connectivity index (χ0v) is 6.84. The molecule has 2 saturated carbocycles. The highest BCUT2D eigenvalue weighted by Crippen LogP contribution is 2.34. The van der Waals surface area contributed by atoms with Gasteiger partial charge in [-0.2, -0.15) is 0 Å². The van der Waals surface area contributed by atoms with Crippen LogP contribution in [0.15, 0.2) is 0 Å². The molecule has 0 bridgehead atoms. The molecule has 2 heteroatoms. The lowest BCUT2D eigenvalue weighted by molar-refractivity contribution is 0.605. The van der Waals surface area contributed by atoms with Gasteiger partial charge in [0.1, 0.15) is 0 Å². The molecule has 62 valence electrons. The van der Waals surface area contributed by atoms with E-state index in [1.807, 2.05) is 0 Å². The van der Waals surface area contributed by atoms with E-state index in [4.69, 9.17) is 5.41 Å². The fourth-order valence-corrected chi connectivity index (χ4v) is 1.55. The molecule has 2 aliphatic rings. The molecule has 11 heavy (non-hydrogen) atoms. The first-order valence-corrected chi connectivity index (χ1v) is 4.62. The average Bonchev–Trinajstić information content (AvgIpc) is 2.79. The van der Waals surface area contributed by atoms with Gasteiger partial charge in [-0.25, -0.2) is 0 Å². The third-order valence-electron chi connectivity index (χ3n) is 2.71. The molecule has 2 fully saturated rings. The van der Waals surface area contributed by atoms with Crippen LogP contribution in [0.4, 0.5) is 0 Å². The fraction of sp³-hybridized carbons (Fsp3) is 0.889. The van der Waals surface area contributed by atoms with Crippen molar-refractivity contribution >= 4 is 6.21 Å².